The van der Waals surface area contributed by atoms with Crippen LogP contribution < -0.4 is 20.1 Å². The number of nitrogens with one attached hydrogen (secondary N) is 2. The second kappa shape index (κ2) is 8.60. The van der Waals surface area contributed by atoms with Crippen molar-refractivity contribution >= 4 is 28.9 Å². The summed E-state index contributed by atoms with van der Waals surface area (Å²) in [6, 6.07) is 9.86. The van der Waals surface area contributed by atoms with E-state index in [4.69, 9.17) is 21.1 Å². The molecule has 1 aliphatic heterocycles. The molecule has 3 unspecified atom stereocenters. The van der Waals surface area contributed by atoms with Gasteiger partial charge in [-0.3, -0.25) is 4.79 Å². The molecule has 0 radical (unpaired) electrons. The zero-order valence-electron chi connectivity index (χ0n) is 17.5. The average Bonchev–Trinajstić information content (AvgIpc) is 3.24. The molecule has 0 bridgehead atoms. The van der Waals surface area contributed by atoms with Crippen molar-refractivity contribution < 1.29 is 14.3 Å². The summed E-state index contributed by atoms with van der Waals surface area (Å²) < 4.78 is 10.9. The number of allylic oxidation sites excluding steroid dienone is 2. The molecule has 30 heavy (non-hydrogen) atoms. The van der Waals surface area contributed by atoms with E-state index in [1.807, 2.05) is 31.2 Å². The van der Waals surface area contributed by atoms with Gasteiger partial charge in [-0.1, -0.05) is 36.7 Å². The summed E-state index contributed by atoms with van der Waals surface area (Å²) in [5.74, 6) is 1.93. The van der Waals surface area contributed by atoms with Gasteiger partial charge in [-0.15, -0.1) is 0 Å². The number of hydrogen-bond donors (Lipinski definition) is 2. The van der Waals surface area contributed by atoms with Crippen LogP contribution in [-0.2, 0) is 4.79 Å². The molecule has 0 saturated heterocycles. The second-order valence-corrected chi connectivity index (χ2v) is 8.18. The quantitative estimate of drug-likeness (QED) is 0.562. The first-order valence-electron chi connectivity index (χ1n) is 10.3. The molecular weight excluding hydrogens is 400 g/mol. The van der Waals surface area contributed by atoms with E-state index >= 15 is 0 Å². The molecule has 3 atom stereocenters. The maximum atomic E-state index is 12.3. The minimum Gasteiger partial charge on any atom is -0.493 e. The number of benzene rings is 2. The lowest BCUT2D eigenvalue weighted by Gasteiger charge is -2.39. The first-order valence-corrected chi connectivity index (χ1v) is 10.7. The van der Waals surface area contributed by atoms with Gasteiger partial charge in [0.25, 0.3) is 0 Å². The lowest BCUT2D eigenvalue weighted by Crippen LogP contribution is -2.30. The molecule has 0 saturated carbocycles. The van der Waals surface area contributed by atoms with Gasteiger partial charge in [-0.25, -0.2) is 0 Å². The van der Waals surface area contributed by atoms with Crippen LogP contribution in [0.4, 0.5) is 11.4 Å². The predicted molar refractivity (Wildman–Crippen MR) is 121 cm³/mol. The number of rotatable bonds is 6. The molecular formula is C24H27ClN2O3. The number of ether oxygens (including phenoxy) is 2. The van der Waals surface area contributed by atoms with Crippen LogP contribution in [0.15, 0.2) is 42.5 Å². The van der Waals surface area contributed by atoms with Crippen molar-refractivity contribution in [1.29, 1.82) is 0 Å². The topological polar surface area (TPSA) is 59.6 Å². The zero-order valence-corrected chi connectivity index (χ0v) is 18.3. The monoisotopic (exact) mass is 426 g/mol. The number of carbonyl (C=O) groups excluding carboxylic acids is 1. The van der Waals surface area contributed by atoms with Crippen molar-refractivity contribution in [3.8, 4) is 11.5 Å². The molecule has 2 N–H and O–H groups in total. The largest absolute Gasteiger partial charge is 0.493 e. The molecule has 0 spiro atoms. The number of hydrogen-bond acceptors (Lipinski definition) is 4. The molecule has 2 aromatic carbocycles. The molecule has 6 heteroatoms. The summed E-state index contributed by atoms with van der Waals surface area (Å²) >= 11 is 6.62. The molecule has 1 aliphatic carbocycles. The lowest BCUT2D eigenvalue weighted by atomic mass is 9.76. The third kappa shape index (κ3) is 3.63. The van der Waals surface area contributed by atoms with E-state index in [0.717, 1.165) is 35.3 Å². The average molecular weight is 427 g/mol. The fourth-order valence-corrected chi connectivity index (χ4v) is 4.82. The van der Waals surface area contributed by atoms with Crippen LogP contribution in [0.2, 0.25) is 5.02 Å². The van der Waals surface area contributed by atoms with Crippen LogP contribution in [0.5, 0.6) is 11.5 Å². The molecule has 158 valence electrons. The van der Waals surface area contributed by atoms with Gasteiger partial charge in [0, 0.05) is 23.6 Å². The second-order valence-electron chi connectivity index (χ2n) is 7.77. The molecule has 0 aromatic heterocycles. The van der Waals surface area contributed by atoms with Gasteiger partial charge in [0.2, 0.25) is 5.91 Å². The summed E-state index contributed by atoms with van der Waals surface area (Å²) in [5, 5.41) is 7.41. The van der Waals surface area contributed by atoms with Gasteiger partial charge >= 0.3 is 0 Å². The van der Waals surface area contributed by atoms with Crippen molar-refractivity contribution in [3.05, 3.63) is 58.6 Å². The smallest absolute Gasteiger partial charge is 0.224 e. The van der Waals surface area contributed by atoms with Crippen molar-refractivity contribution in [3.63, 3.8) is 0 Å². The third-order valence-electron chi connectivity index (χ3n) is 5.99. The van der Waals surface area contributed by atoms with E-state index in [0.29, 0.717) is 28.9 Å². The van der Waals surface area contributed by atoms with E-state index in [1.54, 1.807) is 14.2 Å². The fourth-order valence-electron chi connectivity index (χ4n) is 4.60. The van der Waals surface area contributed by atoms with Crippen molar-refractivity contribution in [2.75, 3.05) is 24.9 Å². The Bertz CT molecular complexity index is 989. The van der Waals surface area contributed by atoms with Crippen LogP contribution >= 0.6 is 11.6 Å². The molecule has 5 nitrogen and oxygen atoms in total. The van der Waals surface area contributed by atoms with Crippen molar-refractivity contribution in [2.24, 2.45) is 5.92 Å². The molecule has 0 fully saturated rings. The van der Waals surface area contributed by atoms with Gasteiger partial charge in [-0.05, 0) is 48.6 Å². The fraction of sp³-hybridized carbons (Fsp3) is 0.375. The predicted octanol–water partition coefficient (Wildman–Crippen LogP) is 5.92. The summed E-state index contributed by atoms with van der Waals surface area (Å²) in [6.45, 7) is 2.00. The third-order valence-corrected chi connectivity index (χ3v) is 6.30. The highest BCUT2D eigenvalue weighted by molar-refractivity contribution is 6.33. The highest BCUT2D eigenvalue weighted by Gasteiger charge is 2.40. The number of halogens is 1. The van der Waals surface area contributed by atoms with Crippen LogP contribution in [0.3, 0.4) is 0 Å². The normalized spacial score (nSPS) is 21.4. The molecule has 4 rings (SSSR count). The van der Waals surface area contributed by atoms with Gasteiger partial charge in [0.1, 0.15) is 0 Å². The first kappa shape index (κ1) is 20.6. The Morgan fingerprint density at radius 1 is 1.20 bits per heavy atom. The number of amides is 1. The molecule has 1 amide bonds. The van der Waals surface area contributed by atoms with E-state index in [2.05, 4.69) is 28.9 Å². The summed E-state index contributed by atoms with van der Waals surface area (Å²) in [7, 11) is 3.28. The van der Waals surface area contributed by atoms with Crippen molar-refractivity contribution in [1.82, 2.24) is 0 Å². The zero-order chi connectivity index (χ0) is 21.3. The van der Waals surface area contributed by atoms with Gasteiger partial charge in [-0.2, -0.15) is 0 Å². The number of fused-ring (bicyclic) bond motifs is 3. The highest BCUT2D eigenvalue weighted by Crippen LogP contribution is 2.54. The first-order chi connectivity index (χ1) is 14.6. The van der Waals surface area contributed by atoms with Gasteiger partial charge in [0.05, 0.1) is 31.0 Å². The molecule has 2 aliphatic rings. The Morgan fingerprint density at radius 3 is 2.73 bits per heavy atom. The Hall–Kier alpha value is -2.66. The van der Waals surface area contributed by atoms with Gasteiger partial charge < -0.3 is 20.1 Å². The Kier molecular flexibility index (Phi) is 5.91. The Morgan fingerprint density at radius 2 is 2.00 bits per heavy atom. The van der Waals surface area contributed by atoms with Crippen LogP contribution in [0.25, 0.3) is 0 Å². The molecule has 2 aromatic rings. The van der Waals surface area contributed by atoms with Crippen LogP contribution in [0.1, 0.15) is 49.3 Å². The maximum Gasteiger partial charge on any atom is 0.224 e. The summed E-state index contributed by atoms with van der Waals surface area (Å²) in [6.07, 6.45) is 6.73. The minimum absolute atomic E-state index is 0.0302. The van der Waals surface area contributed by atoms with E-state index < -0.39 is 0 Å². The Labute approximate surface area is 182 Å². The number of anilines is 2. The van der Waals surface area contributed by atoms with E-state index in [1.165, 1.54) is 0 Å². The molecule has 1 heterocycles. The number of carbonyl (C=O) groups is 1. The van der Waals surface area contributed by atoms with Gasteiger partial charge in [0.15, 0.2) is 11.5 Å². The highest BCUT2D eigenvalue weighted by atomic mass is 35.5. The minimum atomic E-state index is 0.0302. The lowest BCUT2D eigenvalue weighted by molar-refractivity contribution is -0.116. The Balaban J connectivity index is 1.75. The number of methoxy groups -OCH3 is 2. The summed E-state index contributed by atoms with van der Waals surface area (Å²) in [5.41, 5.74) is 3.92. The standard InChI is InChI=1S/C24H27ClN2O3/c1-4-6-21(28)26-18-11-10-17(25)24-22(18)15-7-5-8-16(15)23(27-24)14-9-12-19(29-2)20(13-14)30-3/h5,7,9-13,15-16,23,27H,4,6,8H2,1-3H3,(H,26,28). The van der Waals surface area contributed by atoms with Crippen LogP contribution in [0, 0.1) is 5.92 Å². The van der Waals surface area contributed by atoms with E-state index in [9.17, 15) is 4.79 Å². The van der Waals surface area contributed by atoms with E-state index in [-0.39, 0.29) is 17.9 Å². The summed E-state index contributed by atoms with van der Waals surface area (Å²) in [4.78, 5) is 12.3. The van der Waals surface area contributed by atoms with Crippen LogP contribution in [-0.4, -0.2) is 20.1 Å². The van der Waals surface area contributed by atoms with Crippen molar-refractivity contribution in [2.45, 2.75) is 38.1 Å². The SMILES string of the molecule is CCCC(=O)Nc1ccc(Cl)c2c1C1C=CCC1C(c1ccc(OC)c(OC)c1)N2. The maximum absolute atomic E-state index is 12.3.